The number of anilines is 2. The minimum Gasteiger partial charge on any atom is -0.412 e. The summed E-state index contributed by atoms with van der Waals surface area (Å²) < 4.78 is 0. The third-order valence-corrected chi connectivity index (χ3v) is 8.11. The number of aryl methyl sites for hydroxylation is 2. The average molecular weight is 669 g/mol. The standard InChI is InChI=1S/C14H15N.2C13H20N.Zr/c1-3-7-13(8-4-1)11-15-12-14-9-5-2-6-10-14;2*1-8(2)14-13-7-9(3)10(4)11(5)12(13)6;/h1-10,15H,11-12H2;2*7-8,14H,1H2,2-6H3;/q;2*-1;+2. The van der Waals surface area contributed by atoms with Crippen LogP contribution in [0.1, 0.15) is 69.5 Å². The predicted molar refractivity (Wildman–Crippen MR) is 191 cm³/mol. The van der Waals surface area contributed by atoms with Gasteiger partial charge in [-0.1, -0.05) is 74.5 Å². The molecular weight excluding hydrogens is 614 g/mol. The summed E-state index contributed by atoms with van der Waals surface area (Å²) in [5.41, 5.74) is 16.0. The van der Waals surface area contributed by atoms with Crippen LogP contribution in [0.5, 0.6) is 0 Å². The van der Waals surface area contributed by atoms with Crippen molar-refractivity contribution in [2.75, 3.05) is 10.6 Å². The molecule has 0 aliphatic carbocycles. The van der Waals surface area contributed by atoms with E-state index in [0.717, 1.165) is 13.1 Å². The Kier molecular flexibility index (Phi) is 17.6. The van der Waals surface area contributed by atoms with Gasteiger partial charge in [-0.25, -0.2) is 0 Å². The van der Waals surface area contributed by atoms with Gasteiger partial charge in [0.15, 0.2) is 0 Å². The molecule has 0 radical (unpaired) electrons. The van der Waals surface area contributed by atoms with E-state index in [-0.39, 0.29) is 38.3 Å². The summed E-state index contributed by atoms with van der Waals surface area (Å²) in [5.74, 6) is 0. The first-order valence-electron chi connectivity index (χ1n) is 15.4. The van der Waals surface area contributed by atoms with Crippen LogP contribution in [0, 0.1) is 69.2 Å². The molecule has 0 aliphatic heterocycles. The van der Waals surface area contributed by atoms with E-state index in [1.54, 1.807) is 0 Å². The maximum atomic E-state index is 3.95. The smallest absolute Gasteiger partial charge is 0.412 e. The third-order valence-electron chi connectivity index (χ3n) is 8.11. The molecule has 3 nitrogen and oxygen atoms in total. The monoisotopic (exact) mass is 667 g/mol. The largest absolute Gasteiger partial charge is 2.00 e. The van der Waals surface area contributed by atoms with Crippen molar-refractivity contribution in [1.29, 1.82) is 0 Å². The number of nitrogens with one attached hydrogen (secondary N) is 3. The Morgan fingerprint density at radius 3 is 1.11 bits per heavy atom. The SMILES string of the molecule is [CH2-]C(C)Nc1cc(C)c(C)c(C)c1C.[CH2-]C(C)Nc1cc(C)c(C)c(C)c1C.[Zr+2].c1ccc(CNCc2ccccc2)cc1. The molecular formula is C40H55N3Zr. The van der Waals surface area contributed by atoms with Crippen LogP contribution in [0.25, 0.3) is 0 Å². The van der Waals surface area contributed by atoms with Crippen molar-refractivity contribution < 1.29 is 26.2 Å². The van der Waals surface area contributed by atoms with Crippen LogP contribution in [0.15, 0.2) is 72.8 Å². The first-order chi connectivity index (χ1) is 20.3. The molecule has 4 aromatic rings. The maximum absolute atomic E-state index is 3.95. The maximum Gasteiger partial charge on any atom is 2.00 e. The summed E-state index contributed by atoms with van der Waals surface area (Å²) in [7, 11) is 0. The Bertz CT molecular complexity index is 1300. The number of benzene rings is 4. The first-order valence-corrected chi connectivity index (χ1v) is 15.4. The van der Waals surface area contributed by atoms with E-state index in [4.69, 9.17) is 0 Å². The molecule has 2 atom stereocenters. The van der Waals surface area contributed by atoms with E-state index in [0.29, 0.717) is 0 Å². The summed E-state index contributed by atoms with van der Waals surface area (Å²) in [6.45, 7) is 31.2. The fourth-order valence-corrected chi connectivity index (χ4v) is 4.80. The molecule has 3 N–H and O–H groups in total. The molecule has 2 unspecified atom stereocenters. The van der Waals surface area contributed by atoms with Gasteiger partial charge in [0, 0.05) is 24.5 Å². The van der Waals surface area contributed by atoms with Crippen molar-refractivity contribution in [3.8, 4) is 0 Å². The van der Waals surface area contributed by atoms with Crippen LogP contribution in [0.3, 0.4) is 0 Å². The molecule has 0 saturated heterocycles. The van der Waals surface area contributed by atoms with Gasteiger partial charge in [0.25, 0.3) is 0 Å². The van der Waals surface area contributed by atoms with Crippen molar-refractivity contribution in [3.63, 3.8) is 0 Å². The van der Waals surface area contributed by atoms with E-state index in [1.807, 2.05) is 12.1 Å². The fourth-order valence-electron chi connectivity index (χ4n) is 4.80. The second-order valence-corrected chi connectivity index (χ2v) is 11.9. The second kappa shape index (κ2) is 19.7. The van der Waals surface area contributed by atoms with Gasteiger partial charge < -0.3 is 29.8 Å². The van der Waals surface area contributed by atoms with Gasteiger partial charge in [0.1, 0.15) is 0 Å². The molecule has 234 valence electrons. The third kappa shape index (κ3) is 12.7. The Morgan fingerprint density at radius 1 is 0.500 bits per heavy atom. The van der Waals surface area contributed by atoms with Crippen molar-refractivity contribution in [2.45, 2.75) is 94.4 Å². The first kappa shape index (κ1) is 39.3. The minimum absolute atomic E-state index is 0. The van der Waals surface area contributed by atoms with Crippen molar-refractivity contribution >= 4 is 11.4 Å². The molecule has 0 heterocycles. The molecule has 0 aliphatic rings. The van der Waals surface area contributed by atoms with E-state index < -0.39 is 0 Å². The summed E-state index contributed by atoms with van der Waals surface area (Å²) >= 11 is 0. The Labute approximate surface area is 288 Å². The molecule has 4 heteroatoms. The van der Waals surface area contributed by atoms with Crippen molar-refractivity contribution in [3.05, 3.63) is 142 Å². The normalized spacial score (nSPS) is 11.5. The molecule has 44 heavy (non-hydrogen) atoms. The van der Waals surface area contributed by atoms with Crippen LogP contribution >= 0.6 is 0 Å². The number of rotatable bonds is 8. The predicted octanol–water partition coefficient (Wildman–Crippen LogP) is 10.1. The van der Waals surface area contributed by atoms with E-state index in [1.165, 1.54) is 67.0 Å². The zero-order valence-electron chi connectivity index (χ0n) is 28.9. The number of hydrogen-bond acceptors (Lipinski definition) is 3. The summed E-state index contributed by atoms with van der Waals surface area (Å²) in [6.07, 6.45) is 0. The van der Waals surface area contributed by atoms with E-state index >= 15 is 0 Å². The summed E-state index contributed by atoms with van der Waals surface area (Å²) in [4.78, 5) is 0. The van der Waals surface area contributed by atoms with Crippen molar-refractivity contribution in [2.24, 2.45) is 0 Å². The van der Waals surface area contributed by atoms with Gasteiger partial charge in [0.2, 0.25) is 0 Å². The van der Waals surface area contributed by atoms with Crippen LogP contribution < -0.4 is 16.0 Å². The van der Waals surface area contributed by atoms with Crippen LogP contribution in [-0.4, -0.2) is 12.1 Å². The van der Waals surface area contributed by atoms with Crippen LogP contribution in [0.4, 0.5) is 11.4 Å². The van der Waals surface area contributed by atoms with Crippen molar-refractivity contribution in [1.82, 2.24) is 5.32 Å². The molecule has 0 spiro atoms. The van der Waals surface area contributed by atoms with Gasteiger partial charge >= 0.3 is 26.2 Å². The molecule has 4 aromatic carbocycles. The van der Waals surface area contributed by atoms with Crippen LogP contribution in [0.2, 0.25) is 0 Å². The molecule has 0 amide bonds. The quantitative estimate of drug-likeness (QED) is 0.164. The molecule has 4 rings (SSSR count). The molecule has 0 saturated carbocycles. The van der Waals surface area contributed by atoms with Gasteiger partial charge in [-0.2, -0.15) is 0 Å². The Hall–Kier alpha value is -2.68. The van der Waals surface area contributed by atoms with Gasteiger partial charge in [-0.15, -0.1) is 12.1 Å². The summed E-state index contributed by atoms with van der Waals surface area (Å²) in [5, 5.41) is 10.2. The zero-order chi connectivity index (χ0) is 32.1. The van der Waals surface area contributed by atoms with E-state index in [2.05, 4.69) is 160 Å². The second-order valence-electron chi connectivity index (χ2n) is 11.9. The van der Waals surface area contributed by atoms with Gasteiger partial charge in [-0.3, -0.25) is 0 Å². The Balaban J connectivity index is 0.000000327. The van der Waals surface area contributed by atoms with Gasteiger partial charge in [0.05, 0.1) is 0 Å². The summed E-state index contributed by atoms with van der Waals surface area (Å²) in [6, 6.07) is 25.8. The molecule has 0 aromatic heterocycles. The zero-order valence-corrected chi connectivity index (χ0v) is 31.4. The minimum atomic E-state index is 0. The average Bonchev–Trinajstić information content (AvgIpc) is 2.98. The molecule has 0 bridgehead atoms. The molecule has 0 fully saturated rings. The Morgan fingerprint density at radius 2 is 0.818 bits per heavy atom. The topological polar surface area (TPSA) is 36.1 Å². The van der Waals surface area contributed by atoms with Gasteiger partial charge in [-0.05, 0) is 123 Å². The van der Waals surface area contributed by atoms with Crippen LogP contribution in [-0.2, 0) is 39.3 Å². The van der Waals surface area contributed by atoms with E-state index in [9.17, 15) is 0 Å². The number of hydrogen-bond donors (Lipinski definition) is 3. The fraction of sp³-hybridized carbons (Fsp3) is 0.350.